The first-order chi connectivity index (χ1) is 15.4. The maximum atomic E-state index is 6.66. The summed E-state index contributed by atoms with van der Waals surface area (Å²) in [6.45, 7) is 7.30. The van der Waals surface area contributed by atoms with E-state index in [4.69, 9.17) is 4.43 Å². The van der Waals surface area contributed by atoms with Gasteiger partial charge in [-0.05, 0) is 44.1 Å². The summed E-state index contributed by atoms with van der Waals surface area (Å²) in [5.74, 6) is 0. The molecule has 0 N–H and O–H groups in total. The van der Waals surface area contributed by atoms with Crippen molar-refractivity contribution in [1.82, 2.24) is 0 Å². The molecule has 0 unspecified atom stereocenters. The number of hydrogen-bond acceptors (Lipinski definition) is 1. The lowest BCUT2D eigenvalue weighted by atomic mass is 9.86. The molecule has 3 heteroatoms. The van der Waals surface area contributed by atoms with Gasteiger partial charge < -0.3 is 4.43 Å². The second-order valence-electron chi connectivity index (χ2n) is 8.95. The zero-order valence-corrected chi connectivity index (χ0v) is 21.4. The van der Waals surface area contributed by atoms with E-state index in [-0.39, 0.29) is 5.41 Å². The van der Waals surface area contributed by atoms with Gasteiger partial charge in [-0.2, -0.15) is 0 Å². The van der Waals surface area contributed by atoms with Crippen LogP contribution in [0.3, 0.4) is 0 Å². The second-order valence-corrected chi connectivity index (χ2v) is 11.9. The predicted octanol–water partition coefficient (Wildman–Crippen LogP) is 6.74. The molecule has 0 bridgehead atoms. The fraction of sp³-hybridized carbons (Fsp3) is 0.172. The minimum absolute atomic E-state index is 0.0999. The molecule has 0 spiro atoms. The molecule has 0 saturated heterocycles. The van der Waals surface area contributed by atoms with E-state index in [1.54, 1.807) is 0 Å². The smallest absolute Gasteiger partial charge is 0.283 e. The average Bonchev–Trinajstić information content (AvgIpc) is 2.80. The highest BCUT2D eigenvalue weighted by molar-refractivity contribution is 9.10. The molecule has 161 valence electrons. The third-order valence-electron chi connectivity index (χ3n) is 5.55. The van der Waals surface area contributed by atoms with E-state index in [2.05, 4.69) is 140 Å². The van der Waals surface area contributed by atoms with Gasteiger partial charge >= 0.3 is 0 Å². The van der Waals surface area contributed by atoms with Gasteiger partial charge in [0.05, 0.1) is 6.61 Å². The summed E-state index contributed by atoms with van der Waals surface area (Å²) in [7, 11) is -1.34. The van der Waals surface area contributed by atoms with E-state index in [0.717, 1.165) is 4.47 Å². The molecule has 0 aromatic heterocycles. The molecular formula is C29H28BrOSi. The Morgan fingerprint density at radius 1 is 0.719 bits per heavy atom. The van der Waals surface area contributed by atoms with Crippen molar-refractivity contribution in [2.75, 3.05) is 0 Å². The first-order valence-electron chi connectivity index (χ1n) is 10.9. The lowest BCUT2D eigenvalue weighted by Gasteiger charge is -2.22. The molecule has 0 aliphatic rings. The van der Waals surface area contributed by atoms with Crippen molar-refractivity contribution in [3.05, 3.63) is 119 Å². The van der Waals surface area contributed by atoms with Crippen LogP contribution < -0.4 is 10.4 Å². The normalized spacial score (nSPS) is 11.7. The average molecular weight is 501 g/mol. The van der Waals surface area contributed by atoms with Gasteiger partial charge in [0, 0.05) is 4.47 Å². The molecule has 1 radical (unpaired) electrons. The number of benzene rings is 4. The highest BCUT2D eigenvalue weighted by Crippen LogP contribution is 2.34. The van der Waals surface area contributed by atoms with Crippen LogP contribution in [0.25, 0.3) is 11.1 Å². The van der Waals surface area contributed by atoms with Crippen molar-refractivity contribution in [2.24, 2.45) is 0 Å². The largest absolute Gasteiger partial charge is 0.403 e. The Kier molecular flexibility index (Phi) is 7.09. The van der Waals surface area contributed by atoms with Gasteiger partial charge in [-0.1, -0.05) is 134 Å². The van der Waals surface area contributed by atoms with Crippen LogP contribution in [0.2, 0.25) is 0 Å². The molecule has 0 saturated carbocycles. The molecule has 0 amide bonds. The van der Waals surface area contributed by atoms with Gasteiger partial charge in [-0.15, -0.1) is 0 Å². The summed E-state index contributed by atoms with van der Waals surface area (Å²) in [4.78, 5) is 0. The van der Waals surface area contributed by atoms with Gasteiger partial charge in [-0.25, -0.2) is 0 Å². The molecule has 32 heavy (non-hydrogen) atoms. The molecular weight excluding hydrogens is 472 g/mol. The lowest BCUT2D eigenvalue weighted by Crippen LogP contribution is -2.44. The summed E-state index contributed by atoms with van der Waals surface area (Å²) in [5.41, 5.74) is 5.04. The molecule has 0 aliphatic heterocycles. The van der Waals surface area contributed by atoms with Crippen LogP contribution >= 0.6 is 15.9 Å². The fourth-order valence-corrected chi connectivity index (χ4v) is 6.81. The minimum Gasteiger partial charge on any atom is -0.403 e. The standard InChI is InChI=1S/C29H28BrOSi/c1-29(2,3)27-19-18-22(20-28(27)30)26-17-11-10-12-23(26)21-31-32(24-13-6-4-7-14-24)25-15-8-5-9-16-25/h4-20H,21H2,1-3H3. The number of rotatable bonds is 6. The van der Waals surface area contributed by atoms with E-state index in [9.17, 15) is 0 Å². The minimum atomic E-state index is -1.34. The maximum Gasteiger partial charge on any atom is 0.283 e. The van der Waals surface area contributed by atoms with E-state index < -0.39 is 9.04 Å². The van der Waals surface area contributed by atoms with Crippen LogP contribution in [-0.2, 0) is 16.4 Å². The fourth-order valence-electron chi connectivity index (χ4n) is 3.88. The second kappa shape index (κ2) is 9.99. The van der Waals surface area contributed by atoms with Gasteiger partial charge in [-0.3, -0.25) is 0 Å². The summed E-state index contributed by atoms with van der Waals surface area (Å²) in [5, 5.41) is 2.52. The number of halogens is 1. The molecule has 0 heterocycles. The van der Waals surface area contributed by atoms with Crippen LogP contribution in [0, 0.1) is 0 Å². The molecule has 0 aliphatic carbocycles. The van der Waals surface area contributed by atoms with Gasteiger partial charge in [0.25, 0.3) is 9.04 Å². The van der Waals surface area contributed by atoms with Crippen molar-refractivity contribution < 1.29 is 4.43 Å². The Labute approximate surface area is 202 Å². The molecule has 4 aromatic rings. The Bertz CT molecular complexity index is 1130. The van der Waals surface area contributed by atoms with Gasteiger partial charge in [0.1, 0.15) is 0 Å². The van der Waals surface area contributed by atoms with Crippen molar-refractivity contribution in [3.63, 3.8) is 0 Å². The Hall–Kier alpha value is -2.46. The summed E-state index contributed by atoms with van der Waals surface area (Å²) in [6.07, 6.45) is 0. The van der Waals surface area contributed by atoms with Crippen LogP contribution in [0.1, 0.15) is 31.9 Å². The molecule has 0 atom stereocenters. The van der Waals surface area contributed by atoms with Crippen LogP contribution in [0.4, 0.5) is 0 Å². The third-order valence-corrected chi connectivity index (χ3v) is 8.35. The molecule has 0 fully saturated rings. The Balaban J connectivity index is 1.64. The van der Waals surface area contributed by atoms with Crippen molar-refractivity contribution in [2.45, 2.75) is 32.8 Å². The Morgan fingerprint density at radius 3 is 1.84 bits per heavy atom. The highest BCUT2D eigenvalue weighted by Gasteiger charge is 2.21. The zero-order valence-electron chi connectivity index (χ0n) is 18.8. The van der Waals surface area contributed by atoms with Crippen LogP contribution in [0.15, 0.2) is 108 Å². The lowest BCUT2D eigenvalue weighted by molar-refractivity contribution is 0.322. The molecule has 1 nitrogen and oxygen atoms in total. The first kappa shape index (κ1) is 22.7. The van der Waals surface area contributed by atoms with Crippen LogP contribution in [0.5, 0.6) is 0 Å². The zero-order chi connectivity index (χ0) is 22.6. The quantitative estimate of drug-likeness (QED) is 0.267. The first-order valence-corrected chi connectivity index (χ1v) is 13.1. The van der Waals surface area contributed by atoms with E-state index >= 15 is 0 Å². The van der Waals surface area contributed by atoms with E-state index in [0.29, 0.717) is 6.61 Å². The van der Waals surface area contributed by atoms with Crippen LogP contribution in [-0.4, -0.2) is 9.04 Å². The van der Waals surface area contributed by atoms with E-state index in [1.807, 2.05) is 0 Å². The van der Waals surface area contributed by atoms with Crippen molar-refractivity contribution in [1.29, 1.82) is 0 Å². The topological polar surface area (TPSA) is 9.23 Å². The number of hydrogen-bond donors (Lipinski definition) is 0. The summed E-state index contributed by atoms with van der Waals surface area (Å²) >= 11 is 3.80. The predicted molar refractivity (Wildman–Crippen MR) is 141 cm³/mol. The molecule has 4 rings (SSSR count). The summed E-state index contributed by atoms with van der Waals surface area (Å²) < 4.78 is 7.81. The van der Waals surface area contributed by atoms with E-state index in [1.165, 1.54) is 32.6 Å². The third kappa shape index (κ3) is 5.29. The van der Waals surface area contributed by atoms with Gasteiger partial charge in [0.15, 0.2) is 0 Å². The monoisotopic (exact) mass is 499 g/mol. The SMILES string of the molecule is CC(C)(C)c1ccc(-c2ccccc2CO[Si](c2ccccc2)c2ccccc2)cc1Br. The summed E-state index contributed by atoms with van der Waals surface area (Å²) in [6, 6.07) is 36.4. The molecule has 4 aromatic carbocycles. The highest BCUT2D eigenvalue weighted by atomic mass is 79.9. The Morgan fingerprint density at radius 2 is 1.28 bits per heavy atom. The van der Waals surface area contributed by atoms with Gasteiger partial charge in [0.2, 0.25) is 0 Å². The maximum absolute atomic E-state index is 6.66. The van der Waals surface area contributed by atoms with Crippen molar-refractivity contribution >= 4 is 35.3 Å². The van der Waals surface area contributed by atoms with Crippen molar-refractivity contribution in [3.8, 4) is 11.1 Å².